The van der Waals surface area contributed by atoms with Crippen molar-refractivity contribution >= 4 is 37.5 Å². The van der Waals surface area contributed by atoms with Crippen LogP contribution in [0.4, 0.5) is 5.69 Å². The van der Waals surface area contributed by atoms with Crippen LogP contribution in [0.2, 0.25) is 0 Å². The zero-order valence-electron chi connectivity index (χ0n) is 9.54. The van der Waals surface area contributed by atoms with E-state index in [0.717, 1.165) is 10.2 Å². The lowest BCUT2D eigenvalue weighted by molar-refractivity contribution is -0.117. The molecule has 1 heterocycles. The molecule has 1 atom stereocenters. The van der Waals surface area contributed by atoms with Crippen LogP contribution in [0.15, 0.2) is 28.7 Å². The Kier molecular flexibility index (Phi) is 3.74. The molecule has 7 heteroatoms. The van der Waals surface area contributed by atoms with Gasteiger partial charge in [-0.1, -0.05) is 15.9 Å². The summed E-state index contributed by atoms with van der Waals surface area (Å²) in [7, 11) is -3.53. The summed E-state index contributed by atoms with van der Waals surface area (Å²) >= 11 is 3.32. The Hall–Kier alpha value is -0.920. The molecule has 1 aliphatic heterocycles. The number of sulfonamides is 1. The van der Waals surface area contributed by atoms with E-state index in [1.54, 1.807) is 4.90 Å². The highest BCUT2D eigenvalue weighted by Crippen LogP contribution is 2.26. The van der Waals surface area contributed by atoms with Crippen LogP contribution in [0.5, 0.6) is 0 Å². The molecular weight excluding hydrogens is 320 g/mol. The minimum absolute atomic E-state index is 0.0639. The lowest BCUT2D eigenvalue weighted by Crippen LogP contribution is -2.27. The maximum absolute atomic E-state index is 11.8. The number of benzene rings is 1. The van der Waals surface area contributed by atoms with Gasteiger partial charge in [-0.25, -0.2) is 13.6 Å². The first kappa shape index (κ1) is 13.5. The molecule has 1 aliphatic rings. The number of primary sulfonamides is 1. The molecule has 0 bridgehead atoms. The monoisotopic (exact) mass is 332 g/mol. The third-order valence-corrected chi connectivity index (χ3v) is 4.28. The van der Waals surface area contributed by atoms with Crippen LogP contribution < -0.4 is 10.0 Å². The highest BCUT2D eigenvalue weighted by atomic mass is 79.9. The van der Waals surface area contributed by atoms with Crippen molar-refractivity contribution in [3.05, 3.63) is 28.7 Å². The maximum atomic E-state index is 11.8. The standard InChI is InChI=1S/C11H13BrN2O3S/c12-9-1-3-10(4-2-9)14-6-8(5-11(14)15)7-18(13,16)17/h1-4,8H,5-7H2,(H2,13,16,17)/t8-/m0/s1. The number of carbonyl (C=O) groups excluding carboxylic acids is 1. The Balaban J connectivity index is 2.12. The topological polar surface area (TPSA) is 80.5 Å². The summed E-state index contributed by atoms with van der Waals surface area (Å²) in [5, 5.41) is 5.00. The first-order valence-electron chi connectivity index (χ1n) is 5.41. The molecule has 0 radical (unpaired) electrons. The molecule has 1 aromatic rings. The number of nitrogens with two attached hydrogens (primary N) is 1. The molecule has 1 amide bonds. The van der Waals surface area contributed by atoms with Crippen LogP contribution in [0.1, 0.15) is 6.42 Å². The van der Waals surface area contributed by atoms with E-state index in [9.17, 15) is 13.2 Å². The van der Waals surface area contributed by atoms with Gasteiger partial charge in [-0.15, -0.1) is 0 Å². The number of rotatable bonds is 3. The number of halogens is 1. The van der Waals surface area contributed by atoms with Crippen molar-refractivity contribution in [2.24, 2.45) is 11.1 Å². The van der Waals surface area contributed by atoms with Crippen LogP contribution in [0.25, 0.3) is 0 Å². The van der Waals surface area contributed by atoms with Crippen LogP contribution in [0.3, 0.4) is 0 Å². The molecule has 0 aromatic heterocycles. The normalized spacial score (nSPS) is 20.4. The Morgan fingerprint density at radius 2 is 1.94 bits per heavy atom. The highest BCUT2D eigenvalue weighted by molar-refractivity contribution is 9.10. The third-order valence-electron chi connectivity index (χ3n) is 2.81. The largest absolute Gasteiger partial charge is 0.312 e. The average molecular weight is 333 g/mol. The Morgan fingerprint density at radius 1 is 1.33 bits per heavy atom. The van der Waals surface area contributed by atoms with Crippen molar-refractivity contribution < 1.29 is 13.2 Å². The highest BCUT2D eigenvalue weighted by Gasteiger charge is 2.32. The van der Waals surface area contributed by atoms with Crippen molar-refractivity contribution in [2.45, 2.75) is 6.42 Å². The fraction of sp³-hybridized carbons (Fsp3) is 0.364. The minimum atomic E-state index is -3.53. The summed E-state index contributed by atoms with van der Waals surface area (Å²) in [4.78, 5) is 13.4. The van der Waals surface area contributed by atoms with E-state index < -0.39 is 10.0 Å². The molecule has 2 N–H and O–H groups in total. The predicted octanol–water partition coefficient (Wildman–Crippen LogP) is 1.09. The molecule has 0 saturated carbocycles. The van der Waals surface area contributed by atoms with E-state index in [-0.39, 0.29) is 24.0 Å². The summed E-state index contributed by atoms with van der Waals surface area (Å²) in [6.45, 7) is 0.400. The van der Waals surface area contributed by atoms with E-state index in [4.69, 9.17) is 5.14 Å². The fourth-order valence-electron chi connectivity index (χ4n) is 2.09. The van der Waals surface area contributed by atoms with Gasteiger partial charge in [0, 0.05) is 29.0 Å². The molecule has 0 spiro atoms. The quantitative estimate of drug-likeness (QED) is 0.899. The van der Waals surface area contributed by atoms with Gasteiger partial charge in [0.1, 0.15) is 0 Å². The van der Waals surface area contributed by atoms with Gasteiger partial charge in [-0.3, -0.25) is 4.79 Å². The molecule has 1 saturated heterocycles. The minimum Gasteiger partial charge on any atom is -0.312 e. The van der Waals surface area contributed by atoms with Crippen LogP contribution in [-0.4, -0.2) is 26.6 Å². The van der Waals surface area contributed by atoms with Gasteiger partial charge in [-0.2, -0.15) is 0 Å². The van der Waals surface area contributed by atoms with Gasteiger partial charge in [0.25, 0.3) is 0 Å². The van der Waals surface area contributed by atoms with Gasteiger partial charge in [0.15, 0.2) is 0 Å². The second-order valence-electron chi connectivity index (χ2n) is 4.38. The SMILES string of the molecule is NS(=O)(=O)C[C@H]1CC(=O)N(c2ccc(Br)cc2)C1. The van der Waals surface area contributed by atoms with E-state index in [0.29, 0.717) is 6.54 Å². The van der Waals surface area contributed by atoms with Crippen molar-refractivity contribution in [3.8, 4) is 0 Å². The summed E-state index contributed by atoms with van der Waals surface area (Å²) in [5.74, 6) is -0.437. The first-order valence-corrected chi connectivity index (χ1v) is 7.92. The molecule has 98 valence electrons. The Bertz CT molecular complexity index is 556. The van der Waals surface area contributed by atoms with Crippen molar-refractivity contribution in [1.82, 2.24) is 0 Å². The molecule has 0 unspecified atom stereocenters. The zero-order valence-corrected chi connectivity index (χ0v) is 11.9. The molecule has 2 rings (SSSR count). The second-order valence-corrected chi connectivity index (χ2v) is 6.96. The van der Waals surface area contributed by atoms with E-state index in [1.807, 2.05) is 24.3 Å². The third kappa shape index (κ3) is 3.30. The maximum Gasteiger partial charge on any atom is 0.227 e. The molecule has 1 aromatic carbocycles. The average Bonchev–Trinajstić information content (AvgIpc) is 2.58. The van der Waals surface area contributed by atoms with Crippen LogP contribution >= 0.6 is 15.9 Å². The fourth-order valence-corrected chi connectivity index (χ4v) is 3.24. The van der Waals surface area contributed by atoms with Crippen molar-refractivity contribution in [1.29, 1.82) is 0 Å². The summed E-state index contributed by atoms with van der Waals surface area (Å²) in [5.41, 5.74) is 0.778. The van der Waals surface area contributed by atoms with E-state index >= 15 is 0 Å². The van der Waals surface area contributed by atoms with E-state index in [1.165, 1.54) is 0 Å². The summed E-state index contributed by atoms with van der Waals surface area (Å²) < 4.78 is 23.0. The predicted molar refractivity (Wildman–Crippen MR) is 72.6 cm³/mol. The van der Waals surface area contributed by atoms with Gasteiger partial charge in [0.05, 0.1) is 5.75 Å². The zero-order chi connectivity index (χ0) is 13.3. The molecule has 0 aliphatic carbocycles. The van der Waals surface area contributed by atoms with Gasteiger partial charge in [0.2, 0.25) is 15.9 Å². The number of hydrogen-bond donors (Lipinski definition) is 1. The number of hydrogen-bond acceptors (Lipinski definition) is 3. The second kappa shape index (κ2) is 4.99. The molecule has 18 heavy (non-hydrogen) atoms. The van der Waals surface area contributed by atoms with Gasteiger partial charge >= 0.3 is 0 Å². The summed E-state index contributed by atoms with van der Waals surface area (Å²) in [6.07, 6.45) is 0.229. The Morgan fingerprint density at radius 3 is 2.50 bits per heavy atom. The van der Waals surface area contributed by atoms with Crippen molar-refractivity contribution in [2.75, 3.05) is 17.2 Å². The van der Waals surface area contributed by atoms with E-state index in [2.05, 4.69) is 15.9 Å². The van der Waals surface area contributed by atoms with Gasteiger partial charge < -0.3 is 4.90 Å². The number of anilines is 1. The summed E-state index contributed by atoms with van der Waals surface area (Å²) in [6, 6.07) is 7.33. The van der Waals surface area contributed by atoms with Crippen molar-refractivity contribution in [3.63, 3.8) is 0 Å². The lowest BCUT2D eigenvalue weighted by Gasteiger charge is -2.16. The molecular formula is C11H13BrN2O3S. The number of nitrogens with zero attached hydrogens (tertiary/aromatic N) is 1. The smallest absolute Gasteiger partial charge is 0.227 e. The lowest BCUT2D eigenvalue weighted by atomic mass is 10.1. The first-order chi connectivity index (χ1) is 8.35. The number of carbonyl (C=O) groups is 1. The van der Waals surface area contributed by atoms with Crippen LogP contribution in [0, 0.1) is 5.92 Å². The van der Waals surface area contributed by atoms with Gasteiger partial charge in [-0.05, 0) is 24.3 Å². The van der Waals surface area contributed by atoms with Crippen LogP contribution in [-0.2, 0) is 14.8 Å². The Labute approximate surface area is 114 Å². The molecule has 1 fully saturated rings. The molecule has 5 nitrogen and oxygen atoms in total. The number of amides is 1.